The predicted molar refractivity (Wildman–Crippen MR) is 112 cm³/mol. The van der Waals surface area contributed by atoms with Crippen LogP contribution in [0.4, 0.5) is 5.69 Å². The van der Waals surface area contributed by atoms with Crippen molar-refractivity contribution in [1.29, 1.82) is 0 Å². The molecule has 0 aliphatic carbocycles. The van der Waals surface area contributed by atoms with Crippen LogP contribution in [-0.4, -0.2) is 45.8 Å². The maximum absolute atomic E-state index is 13.5. The van der Waals surface area contributed by atoms with Gasteiger partial charge >= 0.3 is 0 Å². The molecule has 4 heterocycles. The van der Waals surface area contributed by atoms with E-state index in [9.17, 15) is 9.59 Å². The number of hydrogen-bond acceptors (Lipinski definition) is 7. The average Bonchev–Trinajstić information content (AvgIpc) is 3.27. The van der Waals surface area contributed by atoms with Gasteiger partial charge in [0, 0.05) is 18.5 Å². The number of hydrogen-bond donors (Lipinski definition) is 0. The van der Waals surface area contributed by atoms with E-state index in [4.69, 9.17) is 9.47 Å². The topological polar surface area (TPSA) is 99.4 Å². The molecule has 5 rings (SSSR count). The first-order valence-electron chi connectivity index (χ1n) is 9.45. The van der Waals surface area contributed by atoms with Gasteiger partial charge in [-0.25, -0.2) is 14.9 Å². The zero-order valence-corrected chi connectivity index (χ0v) is 17.0. The van der Waals surface area contributed by atoms with Crippen LogP contribution in [0.15, 0.2) is 48.8 Å². The lowest BCUT2D eigenvalue weighted by Crippen LogP contribution is -2.29. The first-order chi connectivity index (χ1) is 15.0. The van der Waals surface area contributed by atoms with Crippen LogP contribution in [0.5, 0.6) is 11.5 Å². The number of methoxy groups -OCH3 is 2. The number of imide groups is 1. The number of amides is 2. The molecule has 1 aromatic carbocycles. The van der Waals surface area contributed by atoms with E-state index in [1.807, 2.05) is 6.07 Å². The minimum Gasteiger partial charge on any atom is -0.497 e. The van der Waals surface area contributed by atoms with Gasteiger partial charge in [0.05, 0.1) is 42.1 Å². The van der Waals surface area contributed by atoms with E-state index in [0.29, 0.717) is 39.7 Å². The van der Waals surface area contributed by atoms with Gasteiger partial charge in [0.1, 0.15) is 11.5 Å². The summed E-state index contributed by atoms with van der Waals surface area (Å²) in [7, 11) is 2.99. The smallest absolute Gasteiger partial charge is 0.267 e. The monoisotopic (exact) mass is 415 g/mol. The van der Waals surface area contributed by atoms with Crippen molar-refractivity contribution in [2.24, 2.45) is 0 Å². The molecule has 0 radical (unpaired) electrons. The Morgan fingerprint density at radius 3 is 2.52 bits per heavy atom. The third-order valence-corrected chi connectivity index (χ3v) is 5.21. The molecule has 4 aromatic rings. The van der Waals surface area contributed by atoms with Crippen LogP contribution in [0, 0.1) is 6.92 Å². The zero-order valence-electron chi connectivity index (χ0n) is 17.0. The number of pyridine rings is 2. The van der Waals surface area contributed by atoms with Gasteiger partial charge in [-0.15, -0.1) is 0 Å². The van der Waals surface area contributed by atoms with Crippen molar-refractivity contribution in [3.05, 3.63) is 65.6 Å². The Balaban J connectivity index is 1.72. The number of carbonyl (C=O) groups excluding carboxylic acids is 2. The van der Waals surface area contributed by atoms with E-state index in [2.05, 4.69) is 15.1 Å². The van der Waals surface area contributed by atoms with Crippen LogP contribution in [0.3, 0.4) is 0 Å². The van der Waals surface area contributed by atoms with Crippen LogP contribution in [0.2, 0.25) is 0 Å². The molecule has 0 spiro atoms. The van der Waals surface area contributed by atoms with E-state index >= 15 is 0 Å². The molecule has 0 saturated carbocycles. The number of aromatic nitrogens is 4. The summed E-state index contributed by atoms with van der Waals surface area (Å²) in [6, 6.07) is 10.4. The molecule has 0 N–H and O–H groups in total. The van der Waals surface area contributed by atoms with Crippen molar-refractivity contribution < 1.29 is 19.1 Å². The van der Waals surface area contributed by atoms with E-state index in [1.165, 1.54) is 20.4 Å². The molecular weight excluding hydrogens is 398 g/mol. The van der Waals surface area contributed by atoms with E-state index < -0.39 is 11.8 Å². The predicted octanol–water partition coefficient (Wildman–Crippen LogP) is 2.94. The third-order valence-electron chi connectivity index (χ3n) is 5.21. The average molecular weight is 415 g/mol. The quantitative estimate of drug-likeness (QED) is 0.473. The number of ether oxygens (including phenoxy) is 2. The summed E-state index contributed by atoms with van der Waals surface area (Å²) in [5, 5.41) is 5.04. The molecule has 1 aliphatic rings. The Hall–Kier alpha value is -4.27. The molecule has 2 amide bonds. The molecule has 9 nitrogen and oxygen atoms in total. The molecule has 1 aliphatic heterocycles. The van der Waals surface area contributed by atoms with Crippen molar-refractivity contribution >= 4 is 28.5 Å². The number of fused-ring (bicyclic) bond motifs is 3. The van der Waals surface area contributed by atoms with Crippen molar-refractivity contribution in [2.45, 2.75) is 6.92 Å². The van der Waals surface area contributed by atoms with Gasteiger partial charge in [0.15, 0.2) is 11.5 Å². The largest absolute Gasteiger partial charge is 0.497 e. The highest BCUT2D eigenvalue weighted by molar-refractivity contribution is 6.37. The Morgan fingerprint density at radius 1 is 0.968 bits per heavy atom. The fourth-order valence-electron chi connectivity index (χ4n) is 3.79. The zero-order chi connectivity index (χ0) is 21.7. The molecule has 0 saturated heterocycles. The van der Waals surface area contributed by atoms with Gasteiger partial charge in [0.2, 0.25) is 0 Å². The molecule has 0 atom stereocenters. The van der Waals surface area contributed by atoms with Gasteiger partial charge in [-0.2, -0.15) is 9.78 Å². The second kappa shape index (κ2) is 6.91. The van der Waals surface area contributed by atoms with Gasteiger partial charge in [0.25, 0.3) is 11.8 Å². The lowest BCUT2D eigenvalue weighted by Gasteiger charge is -2.18. The highest BCUT2D eigenvalue weighted by atomic mass is 16.5. The number of nitrogens with zero attached hydrogens (tertiary/aromatic N) is 5. The fourth-order valence-corrected chi connectivity index (χ4v) is 3.79. The second-order valence-electron chi connectivity index (χ2n) is 6.91. The van der Waals surface area contributed by atoms with Crippen molar-refractivity contribution in [1.82, 2.24) is 19.7 Å². The van der Waals surface area contributed by atoms with Crippen LogP contribution in [0.25, 0.3) is 16.9 Å². The number of anilines is 1. The third kappa shape index (κ3) is 2.67. The Kier molecular flexibility index (Phi) is 4.18. The summed E-state index contributed by atoms with van der Waals surface area (Å²) in [6.07, 6.45) is 3.06. The summed E-state index contributed by atoms with van der Waals surface area (Å²) in [6.45, 7) is 1.77. The van der Waals surface area contributed by atoms with Crippen molar-refractivity contribution in [2.75, 3.05) is 19.1 Å². The SMILES string of the molecule is COc1ccc(OC)c(N2C(=O)c3cnc4c(c(C)nn4-c4ccccn4)c3C2=O)c1. The van der Waals surface area contributed by atoms with E-state index in [-0.39, 0.29) is 11.1 Å². The maximum Gasteiger partial charge on any atom is 0.267 e. The standard InChI is InChI=1S/C22H17N5O4/c1-12-18-19-14(11-24-20(18)27(25-12)17-6-4-5-9-23-17)21(28)26(22(19)29)15-10-13(30-2)7-8-16(15)31-3/h4-11H,1-3H3. The van der Waals surface area contributed by atoms with Gasteiger partial charge in [-0.3, -0.25) is 9.59 Å². The van der Waals surface area contributed by atoms with E-state index in [0.717, 1.165) is 4.90 Å². The molecule has 31 heavy (non-hydrogen) atoms. The second-order valence-corrected chi connectivity index (χ2v) is 6.91. The minimum atomic E-state index is -0.481. The first-order valence-corrected chi connectivity index (χ1v) is 9.45. The highest BCUT2D eigenvalue weighted by Gasteiger charge is 2.41. The van der Waals surface area contributed by atoms with Gasteiger partial charge in [-0.1, -0.05) is 6.07 Å². The van der Waals surface area contributed by atoms with Crippen LogP contribution >= 0.6 is 0 Å². The molecule has 154 valence electrons. The summed E-state index contributed by atoms with van der Waals surface area (Å²) < 4.78 is 12.2. The van der Waals surface area contributed by atoms with Gasteiger partial charge in [-0.05, 0) is 31.2 Å². The van der Waals surface area contributed by atoms with Crippen LogP contribution in [0.1, 0.15) is 26.4 Å². The van der Waals surface area contributed by atoms with E-state index in [1.54, 1.807) is 48.1 Å². The Morgan fingerprint density at radius 2 is 1.81 bits per heavy atom. The highest BCUT2D eigenvalue weighted by Crippen LogP contribution is 2.39. The number of rotatable bonds is 4. The fraction of sp³-hybridized carbons (Fsp3) is 0.136. The normalized spacial score (nSPS) is 13.1. The van der Waals surface area contributed by atoms with Crippen molar-refractivity contribution in [3.63, 3.8) is 0 Å². The van der Waals surface area contributed by atoms with Crippen LogP contribution < -0.4 is 14.4 Å². The molecule has 0 fully saturated rings. The van der Waals surface area contributed by atoms with Crippen molar-refractivity contribution in [3.8, 4) is 17.3 Å². The summed E-state index contributed by atoms with van der Waals surface area (Å²) >= 11 is 0. The summed E-state index contributed by atoms with van der Waals surface area (Å²) in [5.41, 5.74) is 1.81. The summed E-state index contributed by atoms with van der Waals surface area (Å²) in [5.74, 6) is 0.486. The Bertz CT molecular complexity index is 1360. The van der Waals surface area contributed by atoms with Crippen LogP contribution in [-0.2, 0) is 0 Å². The minimum absolute atomic E-state index is 0.214. The lowest BCUT2D eigenvalue weighted by atomic mass is 10.1. The lowest BCUT2D eigenvalue weighted by molar-refractivity contribution is 0.0925. The maximum atomic E-state index is 13.5. The molecule has 0 unspecified atom stereocenters. The Labute approximate surface area is 176 Å². The number of carbonyl (C=O) groups is 2. The molecule has 3 aromatic heterocycles. The molecule has 9 heteroatoms. The summed E-state index contributed by atoms with van der Waals surface area (Å²) in [4.78, 5) is 36.6. The van der Waals surface area contributed by atoms with Gasteiger partial charge < -0.3 is 9.47 Å². The molecule has 0 bridgehead atoms. The first kappa shape index (κ1) is 18.7. The number of benzene rings is 1. The molecular formula is C22H17N5O4. The number of aryl methyl sites for hydroxylation is 1.